The number of benzene rings is 3. The van der Waals surface area contributed by atoms with E-state index in [1.54, 1.807) is 48.5 Å². The van der Waals surface area contributed by atoms with Crippen molar-refractivity contribution in [1.29, 1.82) is 0 Å². The lowest BCUT2D eigenvalue weighted by Gasteiger charge is -2.30. The zero-order chi connectivity index (χ0) is 22.9. The van der Waals surface area contributed by atoms with Gasteiger partial charge in [-0.05, 0) is 69.3 Å². The first-order chi connectivity index (χ1) is 16.0. The Hall–Kier alpha value is -3.23. The molecular weight excluding hydrogens is 512 g/mol. The zero-order valence-corrected chi connectivity index (χ0v) is 19.3. The fourth-order valence-corrected chi connectivity index (χ4v) is 5.45. The minimum absolute atomic E-state index is 0.0357. The van der Waals surface area contributed by atoms with Crippen LogP contribution in [-0.2, 0) is 0 Å². The highest BCUT2D eigenvalue weighted by Gasteiger charge is 2.32. The minimum Gasteiger partial charge on any atom is -0.479 e. The average Bonchev–Trinajstić information content (AvgIpc) is 3.24. The van der Waals surface area contributed by atoms with Gasteiger partial charge in [-0.1, -0.05) is 30.3 Å². The van der Waals surface area contributed by atoms with Crippen molar-refractivity contribution in [2.75, 3.05) is 5.32 Å². The molecule has 1 aromatic heterocycles. The van der Waals surface area contributed by atoms with Crippen LogP contribution in [0.1, 0.15) is 26.9 Å². The van der Waals surface area contributed by atoms with Crippen molar-refractivity contribution in [3.8, 4) is 22.6 Å². The molecule has 4 aromatic rings. The molecule has 1 N–H and O–H groups in total. The van der Waals surface area contributed by atoms with Crippen LogP contribution in [0.15, 0.2) is 82.6 Å². The van der Waals surface area contributed by atoms with Gasteiger partial charge in [0.1, 0.15) is 11.5 Å². The van der Waals surface area contributed by atoms with E-state index in [9.17, 15) is 13.6 Å². The van der Waals surface area contributed by atoms with Crippen molar-refractivity contribution in [1.82, 2.24) is 0 Å². The maximum Gasteiger partial charge on any atom is 0.387 e. The third-order valence-corrected chi connectivity index (χ3v) is 7.14. The lowest BCUT2D eigenvalue weighted by atomic mass is 9.91. The van der Waals surface area contributed by atoms with Gasteiger partial charge in [0, 0.05) is 21.3 Å². The van der Waals surface area contributed by atoms with Crippen molar-refractivity contribution >= 4 is 38.9 Å². The summed E-state index contributed by atoms with van der Waals surface area (Å²) < 4.78 is 38.1. The fraction of sp³-hybridized carbons (Fsp3) is 0.0800. The number of nitrogens with one attached hydrogen (secondary N) is 1. The van der Waals surface area contributed by atoms with E-state index in [2.05, 4.69) is 21.2 Å². The summed E-state index contributed by atoms with van der Waals surface area (Å²) in [4.78, 5) is 13.6. The van der Waals surface area contributed by atoms with E-state index in [0.29, 0.717) is 28.1 Å². The molecule has 3 aromatic carbocycles. The normalized spacial score (nSPS) is 14.2. The van der Waals surface area contributed by atoms with Crippen molar-refractivity contribution in [2.45, 2.75) is 12.7 Å². The standard InChI is InChI=1S/C25H16BrF2NO3S/c26-18-11-12-33-23(18)22-17-13-15(29-24(30)14-5-2-1-3-6-14)9-10-16(17)21-19(31-22)7-4-8-20(21)32-25(27)28/h1-13,22,25H,(H,29,30). The van der Waals surface area contributed by atoms with Crippen molar-refractivity contribution in [2.24, 2.45) is 0 Å². The van der Waals surface area contributed by atoms with Gasteiger partial charge >= 0.3 is 6.61 Å². The molecule has 0 fully saturated rings. The summed E-state index contributed by atoms with van der Waals surface area (Å²) in [5.74, 6) is 0.240. The smallest absolute Gasteiger partial charge is 0.387 e. The molecule has 8 heteroatoms. The van der Waals surface area contributed by atoms with Crippen LogP contribution in [0.25, 0.3) is 11.1 Å². The molecule has 0 spiro atoms. The number of halogens is 3. The zero-order valence-electron chi connectivity index (χ0n) is 16.9. The molecule has 0 saturated heterocycles. The van der Waals surface area contributed by atoms with Crippen molar-refractivity contribution < 1.29 is 23.0 Å². The van der Waals surface area contributed by atoms with Crippen LogP contribution in [0.3, 0.4) is 0 Å². The molecule has 1 aliphatic rings. The number of fused-ring (bicyclic) bond motifs is 3. The maximum atomic E-state index is 13.1. The van der Waals surface area contributed by atoms with Gasteiger partial charge in [-0.3, -0.25) is 4.79 Å². The van der Waals surface area contributed by atoms with Gasteiger partial charge in [-0.15, -0.1) is 11.3 Å². The number of thiophene rings is 1. The van der Waals surface area contributed by atoms with Gasteiger partial charge in [0.15, 0.2) is 6.10 Å². The molecule has 0 saturated carbocycles. The Bertz CT molecular complexity index is 1330. The van der Waals surface area contributed by atoms with E-state index in [-0.39, 0.29) is 11.7 Å². The number of rotatable bonds is 5. The van der Waals surface area contributed by atoms with Gasteiger partial charge in [0.05, 0.1) is 10.4 Å². The molecule has 1 atom stereocenters. The van der Waals surface area contributed by atoms with Gasteiger partial charge in [0.25, 0.3) is 5.91 Å². The highest BCUT2D eigenvalue weighted by Crippen LogP contribution is 2.51. The summed E-state index contributed by atoms with van der Waals surface area (Å²) in [5, 5.41) is 4.85. The summed E-state index contributed by atoms with van der Waals surface area (Å²) in [5.41, 5.74) is 3.00. The van der Waals surface area contributed by atoms with E-state index >= 15 is 0 Å². The summed E-state index contributed by atoms with van der Waals surface area (Å²) >= 11 is 5.08. The highest BCUT2D eigenvalue weighted by molar-refractivity contribution is 9.10. The average molecular weight is 528 g/mol. The number of hydrogen-bond donors (Lipinski definition) is 1. The van der Waals surface area contributed by atoms with E-state index in [1.807, 2.05) is 23.6 Å². The molecule has 5 rings (SSSR count). The lowest BCUT2D eigenvalue weighted by molar-refractivity contribution is -0.0496. The second-order valence-corrected chi connectivity index (χ2v) is 9.06. The number of amides is 1. The summed E-state index contributed by atoms with van der Waals surface area (Å²) in [7, 11) is 0. The highest BCUT2D eigenvalue weighted by atomic mass is 79.9. The van der Waals surface area contributed by atoms with Crippen LogP contribution in [0.2, 0.25) is 0 Å². The number of carbonyl (C=O) groups is 1. The molecule has 2 heterocycles. The summed E-state index contributed by atoms with van der Waals surface area (Å²) in [6.07, 6.45) is -0.489. The van der Waals surface area contributed by atoms with E-state index < -0.39 is 12.7 Å². The first-order valence-corrected chi connectivity index (χ1v) is 11.7. The second kappa shape index (κ2) is 8.96. The number of anilines is 1. The molecule has 1 unspecified atom stereocenters. The monoisotopic (exact) mass is 527 g/mol. The van der Waals surface area contributed by atoms with Gasteiger partial charge in [0.2, 0.25) is 0 Å². The molecule has 33 heavy (non-hydrogen) atoms. The molecule has 166 valence electrons. The Morgan fingerprint density at radius 3 is 2.61 bits per heavy atom. The molecule has 0 aliphatic carbocycles. The number of carbonyl (C=O) groups excluding carboxylic acids is 1. The topological polar surface area (TPSA) is 47.6 Å². The van der Waals surface area contributed by atoms with Crippen LogP contribution >= 0.6 is 27.3 Å². The van der Waals surface area contributed by atoms with Crippen molar-refractivity contribution in [3.05, 3.63) is 98.7 Å². The quantitative estimate of drug-likeness (QED) is 0.292. The van der Waals surface area contributed by atoms with Gasteiger partial charge in [-0.25, -0.2) is 0 Å². The molecule has 1 aliphatic heterocycles. The molecule has 0 radical (unpaired) electrons. The van der Waals surface area contributed by atoms with Crippen molar-refractivity contribution in [3.63, 3.8) is 0 Å². The lowest BCUT2D eigenvalue weighted by Crippen LogP contribution is -2.17. The van der Waals surface area contributed by atoms with Crippen LogP contribution in [0.5, 0.6) is 11.5 Å². The SMILES string of the molecule is O=C(Nc1ccc2c(c1)C(c1sccc1Br)Oc1cccc(OC(F)F)c1-2)c1ccccc1. The third-order valence-electron chi connectivity index (χ3n) is 5.23. The summed E-state index contributed by atoms with van der Waals surface area (Å²) in [6.45, 7) is -2.96. The van der Waals surface area contributed by atoms with E-state index in [1.165, 1.54) is 17.4 Å². The molecule has 1 amide bonds. The Balaban J connectivity index is 1.61. The predicted octanol–water partition coefficient (Wildman–Crippen LogP) is 7.51. The Morgan fingerprint density at radius 2 is 1.88 bits per heavy atom. The molecular formula is C25H16BrF2NO3S. The van der Waals surface area contributed by atoms with E-state index in [0.717, 1.165) is 14.9 Å². The summed E-state index contributed by atoms with van der Waals surface area (Å²) in [6, 6.07) is 21.0. The number of ether oxygens (including phenoxy) is 2. The third kappa shape index (κ3) is 4.24. The Kier molecular flexibility index (Phi) is 5.86. The van der Waals surface area contributed by atoms with Gasteiger partial charge < -0.3 is 14.8 Å². The first kappa shape index (κ1) is 21.6. The predicted molar refractivity (Wildman–Crippen MR) is 127 cm³/mol. The minimum atomic E-state index is -2.96. The maximum absolute atomic E-state index is 13.1. The number of alkyl halides is 2. The van der Waals surface area contributed by atoms with Crippen LogP contribution in [0, 0.1) is 0 Å². The van der Waals surface area contributed by atoms with Crippen LogP contribution in [0.4, 0.5) is 14.5 Å². The van der Waals surface area contributed by atoms with E-state index in [4.69, 9.17) is 9.47 Å². The van der Waals surface area contributed by atoms with Crippen LogP contribution < -0.4 is 14.8 Å². The van der Waals surface area contributed by atoms with Gasteiger partial charge in [-0.2, -0.15) is 8.78 Å². The Morgan fingerprint density at radius 1 is 1.06 bits per heavy atom. The number of hydrogen-bond acceptors (Lipinski definition) is 4. The van der Waals surface area contributed by atoms with Crippen LogP contribution in [-0.4, -0.2) is 12.5 Å². The molecule has 0 bridgehead atoms. The molecule has 4 nitrogen and oxygen atoms in total. The first-order valence-electron chi connectivity index (χ1n) is 9.99. The fourth-order valence-electron chi connectivity index (χ4n) is 3.82. The Labute approximate surface area is 200 Å². The second-order valence-electron chi connectivity index (χ2n) is 7.26. The largest absolute Gasteiger partial charge is 0.479 e.